The number of aromatic nitrogens is 2. The number of nitrogens with zero attached hydrogens (tertiary/aromatic N) is 3. The molecular formula is C12H13N4OPS. The molecule has 0 saturated carbocycles. The summed E-state index contributed by atoms with van der Waals surface area (Å²) in [6, 6.07) is 5.86. The van der Waals surface area contributed by atoms with Crippen LogP contribution in [0.15, 0.2) is 23.7 Å². The number of anilines is 1. The van der Waals surface area contributed by atoms with Gasteiger partial charge in [-0.1, -0.05) is 26.8 Å². The zero-order chi connectivity index (χ0) is 13.2. The lowest BCUT2D eigenvalue weighted by molar-refractivity contribution is 0.102. The molecule has 0 spiro atoms. The van der Waals surface area contributed by atoms with Crippen LogP contribution in [0.25, 0.3) is 0 Å². The maximum absolute atomic E-state index is 12.1. The van der Waals surface area contributed by atoms with E-state index in [1.165, 1.54) is 22.5 Å². The Morgan fingerprint density at radius 3 is 3.11 bits per heavy atom. The monoisotopic (exact) mass is 292 g/mol. The zero-order valence-corrected chi connectivity index (χ0v) is 12.1. The summed E-state index contributed by atoms with van der Waals surface area (Å²) in [6.07, 6.45) is 0.971. The Labute approximate surface area is 117 Å². The van der Waals surface area contributed by atoms with Gasteiger partial charge in [0.05, 0.1) is 0 Å². The third-order valence-corrected chi connectivity index (χ3v) is 4.14. The van der Waals surface area contributed by atoms with Gasteiger partial charge in [0.25, 0.3) is 5.91 Å². The highest BCUT2D eigenvalue weighted by atomic mass is 32.1. The molecule has 7 heteroatoms. The highest BCUT2D eigenvalue weighted by Gasteiger charge is 2.16. The molecule has 2 aromatic rings. The predicted molar refractivity (Wildman–Crippen MR) is 78.1 cm³/mol. The maximum atomic E-state index is 12.1. The van der Waals surface area contributed by atoms with Crippen molar-refractivity contribution in [2.75, 3.05) is 11.9 Å². The third kappa shape index (κ3) is 2.81. The fourth-order valence-electron chi connectivity index (χ4n) is 2.11. The summed E-state index contributed by atoms with van der Waals surface area (Å²) < 4.78 is 2.20. The van der Waals surface area contributed by atoms with Gasteiger partial charge in [0, 0.05) is 18.7 Å². The lowest BCUT2D eigenvalue weighted by atomic mass is 9.98. The standard InChI is InChI=1S/C12H13N4OPS/c17-11(14-12-15-13-7-19-12)9-1-2-10-6-16(18)4-3-8(10)5-9/h1-2,5,7H,3-4,6,18H2,(H,14,15,17). The number of rotatable bonds is 2. The lowest BCUT2D eigenvalue weighted by Gasteiger charge is -2.24. The first-order valence-corrected chi connectivity index (χ1v) is 7.31. The molecule has 0 fully saturated rings. The van der Waals surface area contributed by atoms with Crippen molar-refractivity contribution in [1.82, 2.24) is 14.9 Å². The Morgan fingerprint density at radius 2 is 2.32 bits per heavy atom. The number of hydrogen-bond acceptors (Lipinski definition) is 5. The second-order valence-corrected chi connectivity index (χ2v) is 5.97. The highest BCUT2D eigenvalue weighted by Crippen LogP contribution is 2.22. The van der Waals surface area contributed by atoms with E-state index >= 15 is 0 Å². The van der Waals surface area contributed by atoms with Crippen molar-refractivity contribution in [2.45, 2.75) is 13.0 Å². The number of carbonyl (C=O) groups excluding carboxylic acids is 1. The molecule has 1 amide bonds. The quantitative estimate of drug-likeness (QED) is 0.859. The SMILES string of the molecule is O=C(Nc1nncs1)c1ccc2c(c1)CCN(P)C2. The van der Waals surface area contributed by atoms with Crippen molar-refractivity contribution >= 4 is 31.8 Å². The van der Waals surface area contributed by atoms with Gasteiger partial charge in [-0.05, 0) is 29.7 Å². The lowest BCUT2D eigenvalue weighted by Crippen LogP contribution is -2.22. The van der Waals surface area contributed by atoms with E-state index in [9.17, 15) is 4.79 Å². The van der Waals surface area contributed by atoms with Crippen LogP contribution in [0.1, 0.15) is 21.5 Å². The van der Waals surface area contributed by atoms with Crippen LogP contribution < -0.4 is 5.32 Å². The summed E-state index contributed by atoms with van der Waals surface area (Å²) in [6.45, 7) is 1.91. The van der Waals surface area contributed by atoms with Crippen LogP contribution in [0.2, 0.25) is 0 Å². The van der Waals surface area contributed by atoms with Crippen molar-refractivity contribution in [3.63, 3.8) is 0 Å². The van der Waals surface area contributed by atoms with Crippen molar-refractivity contribution in [2.24, 2.45) is 0 Å². The summed E-state index contributed by atoms with van der Waals surface area (Å²) in [4.78, 5) is 12.1. The van der Waals surface area contributed by atoms with Crippen LogP contribution in [0.5, 0.6) is 0 Å². The van der Waals surface area contributed by atoms with Crippen molar-refractivity contribution in [3.05, 3.63) is 40.4 Å². The number of amides is 1. The van der Waals surface area contributed by atoms with E-state index in [2.05, 4.69) is 29.6 Å². The van der Waals surface area contributed by atoms with Gasteiger partial charge in [-0.2, -0.15) is 0 Å². The molecule has 0 saturated heterocycles. The summed E-state index contributed by atoms with van der Waals surface area (Å²) in [5.74, 6) is -0.132. The normalized spacial score (nSPS) is 15.0. The number of carbonyl (C=O) groups is 1. The Kier molecular flexibility index (Phi) is 3.55. The second-order valence-electron chi connectivity index (χ2n) is 4.40. The molecule has 1 aliphatic heterocycles. The van der Waals surface area contributed by atoms with E-state index in [-0.39, 0.29) is 5.91 Å². The molecule has 3 rings (SSSR count). The van der Waals surface area contributed by atoms with Crippen LogP contribution in [-0.4, -0.2) is 27.3 Å². The highest BCUT2D eigenvalue weighted by molar-refractivity contribution is 7.13. The summed E-state index contributed by atoms with van der Waals surface area (Å²) in [5.41, 5.74) is 4.80. The Balaban J connectivity index is 1.80. The van der Waals surface area contributed by atoms with E-state index in [0.29, 0.717) is 10.7 Å². The van der Waals surface area contributed by atoms with Gasteiger partial charge in [-0.25, -0.2) is 0 Å². The van der Waals surface area contributed by atoms with E-state index in [4.69, 9.17) is 0 Å². The summed E-state index contributed by atoms with van der Waals surface area (Å²) in [7, 11) is 2.72. The third-order valence-electron chi connectivity index (χ3n) is 3.09. The average molecular weight is 292 g/mol. The maximum Gasteiger partial charge on any atom is 0.257 e. The van der Waals surface area contributed by atoms with Gasteiger partial charge < -0.3 is 0 Å². The van der Waals surface area contributed by atoms with Gasteiger partial charge in [0.15, 0.2) is 0 Å². The van der Waals surface area contributed by atoms with Crippen molar-refractivity contribution in [1.29, 1.82) is 0 Å². The van der Waals surface area contributed by atoms with Gasteiger partial charge in [-0.15, -0.1) is 10.2 Å². The predicted octanol–water partition coefficient (Wildman–Crippen LogP) is 1.94. The Bertz CT molecular complexity index is 602. The fraction of sp³-hybridized carbons (Fsp3) is 0.250. The molecule has 0 bridgehead atoms. The molecule has 98 valence electrons. The largest absolute Gasteiger partial charge is 0.296 e. The molecule has 1 N–H and O–H groups in total. The van der Waals surface area contributed by atoms with Gasteiger partial charge in [-0.3, -0.25) is 14.8 Å². The first-order chi connectivity index (χ1) is 9.22. The fourth-order valence-corrected chi connectivity index (χ4v) is 2.88. The first-order valence-electron chi connectivity index (χ1n) is 5.91. The smallest absolute Gasteiger partial charge is 0.257 e. The molecule has 19 heavy (non-hydrogen) atoms. The van der Waals surface area contributed by atoms with E-state index < -0.39 is 0 Å². The zero-order valence-electron chi connectivity index (χ0n) is 10.2. The average Bonchev–Trinajstić information content (AvgIpc) is 2.91. The van der Waals surface area contributed by atoms with Gasteiger partial charge in [0.2, 0.25) is 5.13 Å². The minimum Gasteiger partial charge on any atom is -0.296 e. The first kappa shape index (κ1) is 12.7. The second kappa shape index (κ2) is 5.33. The molecule has 1 aromatic heterocycles. The van der Waals surface area contributed by atoms with Gasteiger partial charge >= 0.3 is 0 Å². The van der Waals surface area contributed by atoms with Crippen LogP contribution in [-0.2, 0) is 13.0 Å². The van der Waals surface area contributed by atoms with Crippen LogP contribution >= 0.6 is 20.7 Å². The number of fused-ring (bicyclic) bond motifs is 1. The van der Waals surface area contributed by atoms with Crippen LogP contribution in [0.4, 0.5) is 5.13 Å². The molecular weight excluding hydrogens is 279 g/mol. The summed E-state index contributed by atoms with van der Waals surface area (Å²) >= 11 is 1.31. The molecule has 0 radical (unpaired) electrons. The molecule has 1 unspecified atom stereocenters. The Hall–Kier alpha value is -1.36. The van der Waals surface area contributed by atoms with Gasteiger partial charge in [0.1, 0.15) is 5.51 Å². The van der Waals surface area contributed by atoms with E-state index in [1.807, 2.05) is 18.2 Å². The molecule has 1 atom stereocenters. The number of nitrogens with one attached hydrogen (secondary N) is 1. The van der Waals surface area contributed by atoms with E-state index in [0.717, 1.165) is 19.5 Å². The molecule has 1 aliphatic rings. The van der Waals surface area contributed by atoms with Crippen molar-refractivity contribution < 1.29 is 4.79 Å². The molecule has 2 heterocycles. The number of benzene rings is 1. The summed E-state index contributed by atoms with van der Waals surface area (Å²) in [5, 5.41) is 10.8. The van der Waals surface area contributed by atoms with E-state index in [1.54, 1.807) is 5.51 Å². The Morgan fingerprint density at radius 1 is 1.42 bits per heavy atom. The van der Waals surface area contributed by atoms with Crippen molar-refractivity contribution in [3.8, 4) is 0 Å². The number of hydrogen-bond donors (Lipinski definition) is 1. The minimum absolute atomic E-state index is 0.132. The van der Waals surface area contributed by atoms with Crippen LogP contribution in [0.3, 0.4) is 0 Å². The topological polar surface area (TPSA) is 58.1 Å². The molecule has 1 aromatic carbocycles. The molecule has 5 nitrogen and oxygen atoms in total. The molecule has 0 aliphatic carbocycles. The van der Waals surface area contributed by atoms with Crippen LogP contribution in [0, 0.1) is 0 Å². The minimum atomic E-state index is -0.132.